The Morgan fingerprint density at radius 3 is 1.27 bits per heavy atom. The van der Waals surface area contributed by atoms with Crippen LogP contribution in [0.15, 0.2) is 20.0 Å². The van der Waals surface area contributed by atoms with Gasteiger partial charge in [-0.25, -0.2) is 39.1 Å². The molecule has 182 valence electrons. The minimum Gasteiger partial charge on any atom is -0.211 e. The lowest BCUT2D eigenvalue weighted by Crippen LogP contribution is -2.30. The summed E-state index contributed by atoms with van der Waals surface area (Å²) in [6.07, 6.45) is 23.0. The van der Waals surface area contributed by atoms with Gasteiger partial charge in [-0.3, -0.25) is 0 Å². The van der Waals surface area contributed by atoms with Gasteiger partial charge in [-0.2, -0.15) is 0 Å². The first-order valence-electron chi connectivity index (χ1n) is 12.5. The molecule has 33 heavy (non-hydrogen) atoms. The van der Waals surface area contributed by atoms with Crippen LogP contribution in [-0.4, -0.2) is 49.5 Å². The van der Waals surface area contributed by atoms with Gasteiger partial charge in [0, 0.05) is 0 Å². The van der Waals surface area contributed by atoms with Gasteiger partial charge in [-0.15, -0.1) is 0 Å². The largest absolute Gasteiger partial charge is 0.235 e. The molecule has 0 aromatic rings. The molecular formula is C25H38N4O4. The lowest BCUT2D eigenvalue weighted by Gasteiger charge is -2.32. The zero-order chi connectivity index (χ0) is 24.0. The van der Waals surface area contributed by atoms with Crippen LogP contribution in [0.5, 0.6) is 0 Å². The van der Waals surface area contributed by atoms with Gasteiger partial charge in [0.2, 0.25) is 24.3 Å². The Balaban J connectivity index is 0.000000389. The van der Waals surface area contributed by atoms with E-state index in [9.17, 15) is 19.2 Å². The minimum absolute atomic E-state index is 0.00757. The molecule has 2 unspecified atom stereocenters. The zero-order valence-corrected chi connectivity index (χ0v) is 19.8. The molecule has 2 saturated carbocycles. The second-order valence-corrected chi connectivity index (χ2v) is 8.97. The molecule has 0 N–H and O–H groups in total. The summed E-state index contributed by atoms with van der Waals surface area (Å²) in [5.41, 5.74) is 0. The van der Waals surface area contributed by atoms with Gasteiger partial charge < -0.3 is 0 Å². The normalized spacial score (nSPS) is 18.1. The van der Waals surface area contributed by atoms with Crippen molar-refractivity contribution in [2.45, 2.75) is 108 Å². The lowest BCUT2D eigenvalue weighted by molar-refractivity contribution is 0.241. The first-order chi connectivity index (χ1) is 16.3. The molecule has 8 nitrogen and oxygen atoms in total. The number of unbranched alkanes of at least 4 members (excludes halogenated alkanes) is 3. The van der Waals surface area contributed by atoms with Crippen LogP contribution in [0.1, 0.15) is 96.3 Å². The fraction of sp³-hybridized carbons (Fsp3) is 0.840. The summed E-state index contributed by atoms with van der Waals surface area (Å²) >= 11 is 0. The fourth-order valence-corrected chi connectivity index (χ4v) is 4.95. The van der Waals surface area contributed by atoms with Crippen molar-refractivity contribution < 1.29 is 19.2 Å². The highest BCUT2D eigenvalue weighted by Crippen LogP contribution is 2.35. The van der Waals surface area contributed by atoms with E-state index in [1.165, 1.54) is 50.7 Å². The molecule has 2 aliphatic carbocycles. The van der Waals surface area contributed by atoms with Gasteiger partial charge in [0.1, 0.15) is 0 Å². The number of hydrogen-bond donors (Lipinski definition) is 0. The maximum absolute atomic E-state index is 10.8. The van der Waals surface area contributed by atoms with Crippen molar-refractivity contribution in [1.82, 2.24) is 0 Å². The fourth-order valence-electron chi connectivity index (χ4n) is 4.95. The Labute approximate surface area is 197 Å². The Hall–Kier alpha value is -2.48. The van der Waals surface area contributed by atoms with E-state index in [1.807, 2.05) is 0 Å². The van der Waals surface area contributed by atoms with Crippen LogP contribution in [0.3, 0.4) is 0 Å². The Kier molecular flexibility index (Phi) is 17.4. The van der Waals surface area contributed by atoms with Gasteiger partial charge in [0.15, 0.2) is 0 Å². The molecule has 0 amide bonds. The van der Waals surface area contributed by atoms with Crippen LogP contribution < -0.4 is 0 Å². The van der Waals surface area contributed by atoms with E-state index in [1.54, 1.807) is 12.2 Å². The van der Waals surface area contributed by atoms with Gasteiger partial charge in [0.25, 0.3) is 0 Å². The summed E-state index contributed by atoms with van der Waals surface area (Å²) < 4.78 is 0. The average Bonchev–Trinajstić information content (AvgIpc) is 2.86. The summed E-state index contributed by atoms with van der Waals surface area (Å²) in [5.74, 6) is 0.932. The third-order valence-electron chi connectivity index (χ3n) is 6.73. The number of carbonyl (C=O) groups excluding carboxylic acids is 4. The van der Waals surface area contributed by atoms with Crippen molar-refractivity contribution in [2.24, 2.45) is 31.8 Å². The first kappa shape index (κ1) is 28.6. The van der Waals surface area contributed by atoms with Crippen molar-refractivity contribution in [2.75, 3.05) is 13.1 Å². The van der Waals surface area contributed by atoms with Crippen LogP contribution in [0.25, 0.3) is 0 Å². The molecular weight excluding hydrogens is 420 g/mol. The van der Waals surface area contributed by atoms with Crippen LogP contribution >= 0.6 is 0 Å². The van der Waals surface area contributed by atoms with Gasteiger partial charge in [-0.1, -0.05) is 51.4 Å². The standard InChI is InChI=1S/C17H26N2O2.C8H12N2O2/c20-12-18-16(14-7-3-1-4-8-14)11-17(19-13-21)15-9-5-2-6-10-15;11-7-9-5-3-1-2-4-6-10-8-12/h14-17H,1-11H2;1-6H2. The van der Waals surface area contributed by atoms with Gasteiger partial charge in [0.05, 0.1) is 25.2 Å². The first-order valence-corrected chi connectivity index (χ1v) is 12.5. The van der Waals surface area contributed by atoms with E-state index >= 15 is 0 Å². The van der Waals surface area contributed by atoms with Gasteiger partial charge >= 0.3 is 0 Å². The summed E-state index contributed by atoms with van der Waals surface area (Å²) in [5, 5.41) is 0. The number of aliphatic imine (C=N–C) groups is 4. The zero-order valence-electron chi connectivity index (χ0n) is 19.8. The number of isocyanates is 4. The Bertz CT molecular complexity index is 646. The third-order valence-corrected chi connectivity index (χ3v) is 6.73. The van der Waals surface area contributed by atoms with E-state index in [0.717, 1.165) is 57.8 Å². The molecule has 0 aliphatic heterocycles. The van der Waals surface area contributed by atoms with E-state index in [0.29, 0.717) is 24.9 Å². The predicted octanol–water partition coefficient (Wildman–Crippen LogP) is 5.16. The van der Waals surface area contributed by atoms with Crippen molar-refractivity contribution >= 4 is 24.3 Å². The maximum atomic E-state index is 10.8. The maximum Gasteiger partial charge on any atom is 0.235 e. The second-order valence-electron chi connectivity index (χ2n) is 8.97. The van der Waals surface area contributed by atoms with E-state index in [-0.39, 0.29) is 12.1 Å². The van der Waals surface area contributed by atoms with Crippen molar-refractivity contribution in [3.63, 3.8) is 0 Å². The average molecular weight is 459 g/mol. The molecule has 0 aromatic carbocycles. The Morgan fingerprint density at radius 2 is 0.939 bits per heavy atom. The van der Waals surface area contributed by atoms with Gasteiger partial charge in [-0.05, 0) is 56.8 Å². The number of rotatable bonds is 13. The molecule has 0 saturated heterocycles. The second kappa shape index (κ2) is 20.1. The lowest BCUT2D eigenvalue weighted by atomic mass is 9.77. The molecule has 0 heterocycles. The highest BCUT2D eigenvalue weighted by atomic mass is 16.1. The smallest absolute Gasteiger partial charge is 0.211 e. The molecule has 0 bridgehead atoms. The third kappa shape index (κ3) is 13.6. The van der Waals surface area contributed by atoms with E-state index in [4.69, 9.17) is 0 Å². The minimum atomic E-state index is -0.00757. The van der Waals surface area contributed by atoms with Crippen LogP contribution in [0, 0.1) is 11.8 Å². The molecule has 2 atom stereocenters. The van der Waals surface area contributed by atoms with E-state index < -0.39 is 0 Å². The van der Waals surface area contributed by atoms with E-state index in [2.05, 4.69) is 20.0 Å². The molecule has 0 aromatic heterocycles. The monoisotopic (exact) mass is 458 g/mol. The molecule has 0 spiro atoms. The quantitative estimate of drug-likeness (QED) is 0.215. The molecule has 2 fully saturated rings. The van der Waals surface area contributed by atoms with Crippen molar-refractivity contribution in [3.05, 3.63) is 0 Å². The van der Waals surface area contributed by atoms with Crippen molar-refractivity contribution in [1.29, 1.82) is 0 Å². The highest BCUT2D eigenvalue weighted by Gasteiger charge is 2.30. The molecule has 0 radical (unpaired) electrons. The summed E-state index contributed by atoms with van der Waals surface area (Å²) in [7, 11) is 0. The summed E-state index contributed by atoms with van der Waals surface area (Å²) in [6.45, 7) is 1.11. The summed E-state index contributed by atoms with van der Waals surface area (Å²) in [4.78, 5) is 55.8. The molecule has 2 aliphatic rings. The van der Waals surface area contributed by atoms with Crippen LogP contribution in [0.2, 0.25) is 0 Å². The molecule has 2 rings (SSSR count). The predicted molar refractivity (Wildman–Crippen MR) is 126 cm³/mol. The van der Waals surface area contributed by atoms with Crippen molar-refractivity contribution in [3.8, 4) is 0 Å². The van der Waals surface area contributed by atoms with Crippen LogP contribution in [0.4, 0.5) is 0 Å². The van der Waals surface area contributed by atoms with Crippen LogP contribution in [-0.2, 0) is 19.2 Å². The number of hydrogen-bond acceptors (Lipinski definition) is 8. The molecule has 8 heteroatoms. The summed E-state index contributed by atoms with van der Waals surface area (Å²) in [6, 6.07) is -0.0151. The highest BCUT2D eigenvalue weighted by molar-refractivity contribution is 5.35. The number of nitrogens with zero attached hydrogens (tertiary/aromatic N) is 4. The Morgan fingerprint density at radius 1 is 0.545 bits per heavy atom. The topological polar surface area (TPSA) is 118 Å². The SMILES string of the molecule is O=C=NC(CC(N=C=O)C1CCCCC1)C1CCCCC1.O=C=NCCCCCCN=C=O.